The predicted octanol–water partition coefficient (Wildman–Crippen LogP) is 1.14. The van der Waals surface area contributed by atoms with Crippen molar-refractivity contribution in [3.63, 3.8) is 0 Å². The molecule has 0 saturated heterocycles. The third kappa shape index (κ3) is 1.68. The van der Waals surface area contributed by atoms with Crippen molar-refractivity contribution in [2.24, 2.45) is 7.05 Å². The third-order valence-corrected chi connectivity index (χ3v) is 1.27. The maximum atomic E-state index is 5.34. The Hall–Kier alpha value is -0.560. The number of aromatic nitrogens is 1. The van der Waals surface area contributed by atoms with Crippen molar-refractivity contribution in [2.45, 2.75) is 0 Å². The van der Waals surface area contributed by atoms with E-state index in [0.717, 1.165) is 5.56 Å². The maximum Gasteiger partial charge on any atom is 0.173 e. The fourth-order valence-electron chi connectivity index (χ4n) is 0.644. The van der Waals surface area contributed by atoms with Gasteiger partial charge < -0.3 is 0 Å². The molecule has 0 N–H and O–H groups in total. The van der Waals surface area contributed by atoms with Crippen LogP contribution in [0.5, 0.6) is 0 Å². The Morgan fingerprint density at radius 2 is 2.44 bits per heavy atom. The van der Waals surface area contributed by atoms with Crippen LogP contribution in [0.2, 0.25) is 0 Å². The molecule has 0 saturated carbocycles. The summed E-state index contributed by atoms with van der Waals surface area (Å²) in [5.41, 5.74) is 0.904. The topological polar surface area (TPSA) is 3.88 Å². The van der Waals surface area contributed by atoms with Crippen molar-refractivity contribution in [1.82, 2.24) is 0 Å². The highest BCUT2D eigenvalue weighted by molar-refractivity contribution is 6.25. The number of hydrogen-bond acceptors (Lipinski definition) is 0. The van der Waals surface area contributed by atoms with Crippen molar-refractivity contribution in [3.05, 3.63) is 36.0 Å². The van der Waals surface area contributed by atoms with E-state index in [1.165, 1.54) is 0 Å². The SMILES string of the molecule is C[n+]1cccc([C]Cl)c1. The van der Waals surface area contributed by atoms with Crippen molar-refractivity contribution < 1.29 is 4.57 Å². The van der Waals surface area contributed by atoms with Crippen LogP contribution >= 0.6 is 11.6 Å². The first-order valence-corrected chi connectivity index (χ1v) is 3.02. The third-order valence-electron chi connectivity index (χ3n) is 1.05. The standard InChI is InChI=1S/C7H7ClN/c1-9-4-2-3-7(5-8)6-9/h2-4,6H,1H3/q+1. The molecule has 2 radical (unpaired) electrons. The minimum Gasteiger partial charge on any atom is -0.207 e. The fraction of sp³-hybridized carbons (Fsp3) is 0.143. The number of aryl methyl sites for hydroxylation is 1. The molecule has 0 aliphatic rings. The van der Waals surface area contributed by atoms with Crippen LogP contribution in [0.25, 0.3) is 0 Å². The molecule has 0 bridgehead atoms. The Balaban J connectivity index is 2.94. The average molecular weight is 141 g/mol. The molecule has 1 aromatic rings. The van der Waals surface area contributed by atoms with E-state index < -0.39 is 0 Å². The molecule has 1 rings (SSSR count). The maximum absolute atomic E-state index is 5.34. The van der Waals surface area contributed by atoms with Gasteiger partial charge in [-0.05, 0) is 6.07 Å². The van der Waals surface area contributed by atoms with Gasteiger partial charge in [-0.2, -0.15) is 0 Å². The Morgan fingerprint density at radius 1 is 1.67 bits per heavy atom. The van der Waals surface area contributed by atoms with Crippen molar-refractivity contribution in [1.29, 1.82) is 0 Å². The van der Waals surface area contributed by atoms with Crippen LogP contribution in [0.3, 0.4) is 0 Å². The first-order chi connectivity index (χ1) is 4.33. The van der Waals surface area contributed by atoms with Crippen LogP contribution in [0, 0.1) is 5.88 Å². The summed E-state index contributed by atoms with van der Waals surface area (Å²) < 4.78 is 1.92. The number of pyridine rings is 1. The molecule has 0 amide bonds. The molecule has 0 aromatic carbocycles. The molecule has 0 unspecified atom stereocenters. The Kier molecular flexibility index (Phi) is 2.06. The summed E-state index contributed by atoms with van der Waals surface area (Å²) in [5, 5.41) is 0. The second kappa shape index (κ2) is 2.83. The summed E-state index contributed by atoms with van der Waals surface area (Å²) in [4.78, 5) is 0. The zero-order valence-corrected chi connectivity index (χ0v) is 5.89. The van der Waals surface area contributed by atoms with E-state index in [-0.39, 0.29) is 0 Å². The van der Waals surface area contributed by atoms with Gasteiger partial charge in [-0.15, -0.1) is 11.6 Å². The zero-order chi connectivity index (χ0) is 6.69. The lowest BCUT2D eigenvalue weighted by Crippen LogP contribution is -2.26. The molecule has 1 nitrogen and oxygen atoms in total. The van der Waals surface area contributed by atoms with Crippen LogP contribution in [0.1, 0.15) is 5.56 Å². The summed E-state index contributed by atoms with van der Waals surface area (Å²) >= 11 is 5.34. The van der Waals surface area contributed by atoms with Gasteiger partial charge in [-0.3, -0.25) is 0 Å². The largest absolute Gasteiger partial charge is 0.207 e. The number of hydrogen-bond donors (Lipinski definition) is 0. The molecule has 1 aromatic heterocycles. The van der Waals surface area contributed by atoms with Crippen LogP contribution in [-0.4, -0.2) is 0 Å². The van der Waals surface area contributed by atoms with E-state index in [1.807, 2.05) is 36.1 Å². The van der Waals surface area contributed by atoms with Gasteiger partial charge in [0.15, 0.2) is 12.4 Å². The van der Waals surface area contributed by atoms with Gasteiger partial charge in [0.2, 0.25) is 0 Å². The lowest BCUT2D eigenvalue weighted by atomic mass is 10.3. The molecule has 0 spiro atoms. The predicted molar refractivity (Wildman–Crippen MR) is 35.8 cm³/mol. The van der Waals surface area contributed by atoms with Gasteiger partial charge >= 0.3 is 0 Å². The van der Waals surface area contributed by atoms with Crippen molar-refractivity contribution >= 4 is 11.6 Å². The lowest BCUT2D eigenvalue weighted by Gasteiger charge is -1.87. The van der Waals surface area contributed by atoms with Gasteiger partial charge in [-0.25, -0.2) is 4.57 Å². The van der Waals surface area contributed by atoms with E-state index in [9.17, 15) is 0 Å². The van der Waals surface area contributed by atoms with Gasteiger partial charge in [0.1, 0.15) is 12.9 Å². The van der Waals surface area contributed by atoms with Crippen LogP contribution in [0.15, 0.2) is 24.5 Å². The number of halogens is 1. The Morgan fingerprint density at radius 3 is 2.89 bits per heavy atom. The van der Waals surface area contributed by atoms with E-state index in [4.69, 9.17) is 11.6 Å². The van der Waals surface area contributed by atoms with Gasteiger partial charge in [0.25, 0.3) is 0 Å². The van der Waals surface area contributed by atoms with Gasteiger partial charge in [0.05, 0.1) is 0 Å². The summed E-state index contributed by atoms with van der Waals surface area (Å²) in [6, 6.07) is 3.82. The van der Waals surface area contributed by atoms with E-state index in [2.05, 4.69) is 5.88 Å². The summed E-state index contributed by atoms with van der Waals surface area (Å²) in [7, 11) is 1.94. The van der Waals surface area contributed by atoms with Gasteiger partial charge in [0, 0.05) is 11.6 Å². The molecular formula is C7H7ClN+. The van der Waals surface area contributed by atoms with E-state index in [0.29, 0.717) is 0 Å². The molecule has 2 heteroatoms. The quantitative estimate of drug-likeness (QED) is 0.515. The first kappa shape index (κ1) is 6.56. The Bertz CT molecular complexity index is 198. The summed E-state index contributed by atoms with van der Waals surface area (Å²) in [5.74, 6) is 2.52. The summed E-state index contributed by atoms with van der Waals surface area (Å²) in [6.45, 7) is 0. The second-order valence-electron chi connectivity index (χ2n) is 1.85. The summed E-state index contributed by atoms with van der Waals surface area (Å²) in [6.07, 6.45) is 3.84. The average Bonchev–Trinajstić information content (AvgIpc) is 1.88. The van der Waals surface area contributed by atoms with E-state index >= 15 is 0 Å². The van der Waals surface area contributed by atoms with Crippen LogP contribution in [0.4, 0.5) is 0 Å². The second-order valence-corrected chi connectivity index (χ2v) is 2.04. The molecular weight excluding hydrogens is 134 g/mol. The highest BCUT2D eigenvalue weighted by Crippen LogP contribution is 1.99. The molecule has 46 valence electrons. The lowest BCUT2D eigenvalue weighted by molar-refractivity contribution is -0.671. The molecule has 0 aliphatic heterocycles. The molecule has 0 aliphatic carbocycles. The number of rotatable bonds is 1. The van der Waals surface area contributed by atoms with Crippen LogP contribution in [-0.2, 0) is 7.05 Å². The van der Waals surface area contributed by atoms with E-state index in [1.54, 1.807) is 0 Å². The van der Waals surface area contributed by atoms with Crippen LogP contribution < -0.4 is 4.57 Å². The molecule has 1 heterocycles. The molecule has 0 fully saturated rings. The molecule has 0 atom stereocenters. The minimum atomic E-state index is 0.904. The fourth-order valence-corrected chi connectivity index (χ4v) is 0.756. The monoisotopic (exact) mass is 140 g/mol. The first-order valence-electron chi connectivity index (χ1n) is 2.65. The van der Waals surface area contributed by atoms with Crippen molar-refractivity contribution in [3.8, 4) is 0 Å². The van der Waals surface area contributed by atoms with Gasteiger partial charge in [-0.1, -0.05) is 0 Å². The van der Waals surface area contributed by atoms with Crippen molar-refractivity contribution in [2.75, 3.05) is 0 Å². The highest BCUT2D eigenvalue weighted by Gasteiger charge is 1.94. The number of nitrogens with zero attached hydrogens (tertiary/aromatic N) is 1. The normalized spacial score (nSPS) is 9.56. The minimum absolute atomic E-state index is 0.904. The Labute approximate surface area is 59.9 Å². The zero-order valence-electron chi connectivity index (χ0n) is 5.13. The highest BCUT2D eigenvalue weighted by atomic mass is 35.5. The smallest absolute Gasteiger partial charge is 0.173 e. The molecule has 9 heavy (non-hydrogen) atoms.